The number of rotatable bonds is 6. The Morgan fingerprint density at radius 3 is 2.03 bits per heavy atom. The first-order valence-corrected chi connectivity index (χ1v) is 12.8. The number of ether oxygens (including phenoxy) is 1. The van der Waals surface area contributed by atoms with Crippen LogP contribution < -0.4 is 15.4 Å². The van der Waals surface area contributed by atoms with Crippen LogP contribution in [0, 0.1) is 25.5 Å². The smallest absolute Gasteiger partial charge is 0.326 e. The van der Waals surface area contributed by atoms with Crippen LogP contribution in [0.4, 0.5) is 19.3 Å². The molecule has 0 radical (unpaired) electrons. The van der Waals surface area contributed by atoms with E-state index in [1.165, 1.54) is 12.1 Å². The Labute approximate surface area is 225 Å². The molecule has 0 spiro atoms. The molecule has 0 saturated heterocycles. The van der Waals surface area contributed by atoms with Gasteiger partial charge < -0.3 is 14.6 Å². The molecule has 3 amide bonds. The molecule has 0 fully saturated rings. The number of halogens is 3. The van der Waals surface area contributed by atoms with E-state index in [1.807, 2.05) is 19.2 Å². The molecule has 38 heavy (non-hydrogen) atoms. The summed E-state index contributed by atoms with van der Waals surface area (Å²) in [4.78, 5) is 25.5. The number of benzene rings is 4. The number of aryl methyl sites for hydroxylation is 2. The van der Waals surface area contributed by atoms with E-state index in [0.717, 1.165) is 29.3 Å². The number of carbonyl (C=O) groups is 2. The van der Waals surface area contributed by atoms with E-state index in [2.05, 4.69) is 5.32 Å². The summed E-state index contributed by atoms with van der Waals surface area (Å²) >= 11 is 4.55. The lowest BCUT2D eigenvalue weighted by molar-refractivity contribution is 0.0959. The number of hydrogen-bond acceptors (Lipinski definition) is 4. The van der Waals surface area contributed by atoms with Gasteiger partial charge in [0.25, 0.3) is 5.91 Å². The molecular formula is C28H21ClF2N2O4S. The number of imide groups is 1. The number of carbonyl (C=O) groups excluding carboxylic acids is 2. The monoisotopic (exact) mass is 554 g/mol. The minimum atomic E-state index is -1.39. The fourth-order valence-electron chi connectivity index (χ4n) is 3.72. The summed E-state index contributed by atoms with van der Waals surface area (Å²) in [6.45, 7) is 3.70. The van der Waals surface area contributed by atoms with Gasteiger partial charge in [0.2, 0.25) is 0 Å². The van der Waals surface area contributed by atoms with Crippen LogP contribution in [0.2, 0.25) is 5.02 Å². The Kier molecular flexibility index (Phi) is 8.31. The average molecular weight is 555 g/mol. The summed E-state index contributed by atoms with van der Waals surface area (Å²) in [5.74, 6) is -2.36. The van der Waals surface area contributed by atoms with E-state index in [0.29, 0.717) is 32.0 Å². The fourth-order valence-corrected chi connectivity index (χ4v) is 5.17. The fraction of sp³-hybridized carbons (Fsp3) is 0.0714. The lowest BCUT2D eigenvalue weighted by Crippen LogP contribution is -2.35. The Balaban J connectivity index is 1.40. The molecule has 0 aliphatic rings. The standard InChI is InChI=1S/C28H21ClF2N2O4S/c1-16-14-21(15-17(2)26(16)38(36)22-12-6-18(29)7-13-22)37-20-10-8-19(9-11-20)32-28(35)33-27(34)25-23(30)4-3-5-24(25)31/h3-15H,1-2H3,(H2,32,33,34,35). The Bertz CT molecular complexity index is 1450. The normalized spacial score (nSPS) is 11.5. The number of amides is 3. The van der Waals surface area contributed by atoms with Crippen LogP contribution in [0.3, 0.4) is 0 Å². The summed E-state index contributed by atoms with van der Waals surface area (Å²) in [5, 5.41) is 4.87. The van der Waals surface area contributed by atoms with Crippen molar-refractivity contribution in [1.82, 2.24) is 5.32 Å². The summed E-state index contributed by atoms with van der Waals surface area (Å²) in [6, 6.07) is 18.7. The zero-order valence-electron chi connectivity index (χ0n) is 20.2. The summed E-state index contributed by atoms with van der Waals surface area (Å²) in [5.41, 5.74) is 1.05. The zero-order chi connectivity index (χ0) is 27.4. The van der Waals surface area contributed by atoms with Gasteiger partial charge in [-0.3, -0.25) is 10.1 Å². The summed E-state index contributed by atoms with van der Waals surface area (Å²) < 4.78 is 46.5. The van der Waals surface area contributed by atoms with Gasteiger partial charge in [0.15, 0.2) is 9.79 Å². The van der Waals surface area contributed by atoms with Crippen molar-refractivity contribution in [3.05, 3.63) is 112 Å². The van der Waals surface area contributed by atoms with Gasteiger partial charge in [0.05, 0.1) is 0 Å². The van der Waals surface area contributed by atoms with Crippen LogP contribution in [0.25, 0.3) is 0 Å². The average Bonchev–Trinajstić information content (AvgIpc) is 2.85. The molecule has 2 N–H and O–H groups in total. The minimum absolute atomic E-state index is 0.317. The largest absolute Gasteiger partial charge is 0.606 e. The van der Waals surface area contributed by atoms with Gasteiger partial charge in [0.1, 0.15) is 28.7 Å². The second-order valence-electron chi connectivity index (χ2n) is 8.24. The molecule has 0 aliphatic carbocycles. The van der Waals surface area contributed by atoms with Crippen molar-refractivity contribution >= 4 is 40.4 Å². The molecule has 4 aromatic rings. The van der Waals surface area contributed by atoms with Crippen molar-refractivity contribution in [2.45, 2.75) is 23.6 Å². The molecule has 10 heteroatoms. The van der Waals surface area contributed by atoms with Crippen molar-refractivity contribution in [2.24, 2.45) is 0 Å². The van der Waals surface area contributed by atoms with Gasteiger partial charge in [0, 0.05) is 33.0 Å². The van der Waals surface area contributed by atoms with Crippen molar-refractivity contribution in [1.29, 1.82) is 0 Å². The van der Waals surface area contributed by atoms with Gasteiger partial charge in [-0.2, -0.15) is 0 Å². The van der Waals surface area contributed by atoms with Gasteiger partial charge in [-0.1, -0.05) is 17.7 Å². The number of urea groups is 1. The zero-order valence-corrected chi connectivity index (χ0v) is 21.8. The van der Waals surface area contributed by atoms with Crippen LogP contribution in [0.1, 0.15) is 21.5 Å². The summed E-state index contributed by atoms with van der Waals surface area (Å²) in [7, 11) is 0. The SMILES string of the molecule is Cc1cc(Oc2ccc(NC(=O)NC(=O)c3c(F)cccc3F)cc2)cc(C)c1[S+]([O-])c1ccc(Cl)cc1. The highest BCUT2D eigenvalue weighted by Crippen LogP contribution is 2.33. The molecule has 194 valence electrons. The molecule has 0 heterocycles. The minimum Gasteiger partial charge on any atom is -0.606 e. The van der Waals surface area contributed by atoms with Crippen LogP contribution in [-0.2, 0) is 11.2 Å². The van der Waals surface area contributed by atoms with Crippen molar-refractivity contribution < 1.29 is 27.7 Å². The number of anilines is 1. The molecule has 1 atom stereocenters. The van der Waals surface area contributed by atoms with Gasteiger partial charge >= 0.3 is 6.03 Å². The maximum atomic E-state index is 13.7. The maximum absolute atomic E-state index is 13.7. The first kappa shape index (κ1) is 27.1. The van der Waals surface area contributed by atoms with E-state index in [4.69, 9.17) is 16.3 Å². The van der Waals surface area contributed by atoms with Crippen molar-refractivity contribution in [3.63, 3.8) is 0 Å². The third-order valence-electron chi connectivity index (χ3n) is 5.41. The predicted octanol–water partition coefficient (Wildman–Crippen LogP) is 7.16. The molecule has 0 aliphatic heterocycles. The predicted molar refractivity (Wildman–Crippen MR) is 141 cm³/mol. The number of hydrogen-bond donors (Lipinski definition) is 2. The maximum Gasteiger partial charge on any atom is 0.326 e. The van der Waals surface area contributed by atoms with Crippen LogP contribution in [-0.4, -0.2) is 16.5 Å². The molecule has 0 aromatic heterocycles. The third kappa shape index (κ3) is 6.31. The lowest BCUT2D eigenvalue weighted by atomic mass is 10.1. The summed E-state index contributed by atoms with van der Waals surface area (Å²) in [6.07, 6.45) is 0. The Morgan fingerprint density at radius 1 is 0.868 bits per heavy atom. The van der Waals surface area contributed by atoms with E-state index in [1.54, 1.807) is 48.5 Å². The quantitative estimate of drug-likeness (QED) is 0.247. The van der Waals surface area contributed by atoms with Crippen LogP contribution in [0.5, 0.6) is 11.5 Å². The highest BCUT2D eigenvalue weighted by molar-refractivity contribution is 7.91. The van der Waals surface area contributed by atoms with Crippen LogP contribution >= 0.6 is 11.6 Å². The van der Waals surface area contributed by atoms with E-state index >= 15 is 0 Å². The van der Waals surface area contributed by atoms with E-state index in [9.17, 15) is 22.9 Å². The van der Waals surface area contributed by atoms with E-state index < -0.39 is 40.3 Å². The van der Waals surface area contributed by atoms with Gasteiger partial charge in [-0.25, -0.2) is 13.6 Å². The van der Waals surface area contributed by atoms with Crippen LogP contribution in [0.15, 0.2) is 88.7 Å². The molecule has 1 unspecified atom stereocenters. The third-order valence-corrected chi connectivity index (χ3v) is 7.38. The van der Waals surface area contributed by atoms with E-state index in [-0.39, 0.29) is 0 Å². The highest BCUT2D eigenvalue weighted by Gasteiger charge is 2.22. The molecule has 0 bridgehead atoms. The number of nitrogens with one attached hydrogen (secondary N) is 2. The van der Waals surface area contributed by atoms with Crippen molar-refractivity contribution in [2.75, 3.05) is 5.32 Å². The van der Waals surface area contributed by atoms with Crippen molar-refractivity contribution in [3.8, 4) is 11.5 Å². The first-order chi connectivity index (χ1) is 18.1. The second kappa shape index (κ2) is 11.6. The Morgan fingerprint density at radius 2 is 1.45 bits per heavy atom. The lowest BCUT2D eigenvalue weighted by Gasteiger charge is -2.16. The second-order valence-corrected chi connectivity index (χ2v) is 10.1. The topological polar surface area (TPSA) is 90.5 Å². The Hall–Kier alpha value is -3.92. The first-order valence-electron chi connectivity index (χ1n) is 11.2. The molecule has 4 rings (SSSR count). The molecule has 6 nitrogen and oxygen atoms in total. The van der Waals surface area contributed by atoms with Gasteiger partial charge in [-0.05, 0) is 86.6 Å². The molecule has 0 saturated carbocycles. The van der Waals surface area contributed by atoms with Gasteiger partial charge in [-0.15, -0.1) is 0 Å². The molecular weight excluding hydrogens is 534 g/mol. The highest BCUT2D eigenvalue weighted by atomic mass is 35.5. The molecule has 4 aromatic carbocycles.